The van der Waals surface area contributed by atoms with Crippen LogP contribution in [0.15, 0.2) is 66.7 Å². The Balaban J connectivity index is 1.72. The van der Waals surface area contributed by atoms with E-state index in [-0.39, 0.29) is 5.75 Å². The van der Waals surface area contributed by atoms with Crippen LogP contribution >= 0.6 is 0 Å². The second-order valence-corrected chi connectivity index (χ2v) is 5.79. The first-order chi connectivity index (χ1) is 13.2. The Labute approximate surface area is 154 Å². The van der Waals surface area contributed by atoms with Gasteiger partial charge in [0.2, 0.25) is 0 Å². The lowest BCUT2D eigenvalue weighted by Gasteiger charge is -2.08. The number of carbonyl (C=O) groups is 2. The highest BCUT2D eigenvalue weighted by Crippen LogP contribution is 2.22. The molecule has 132 valence electrons. The van der Waals surface area contributed by atoms with Gasteiger partial charge in [-0.05, 0) is 42.5 Å². The number of hydrogen-bond acceptors (Lipinski definition) is 6. The smallest absolute Gasteiger partial charge is 0.345 e. The first kappa shape index (κ1) is 16.7. The number of nitrogens with zero attached hydrogens (tertiary/aromatic N) is 2. The third-order valence-electron chi connectivity index (χ3n) is 4.06. The van der Waals surface area contributed by atoms with Gasteiger partial charge in [-0.25, -0.2) is 19.6 Å². The first-order valence-electron chi connectivity index (χ1n) is 8.22. The van der Waals surface area contributed by atoms with Gasteiger partial charge in [-0.3, -0.25) is 0 Å². The van der Waals surface area contributed by atoms with Crippen molar-refractivity contribution in [1.82, 2.24) is 9.97 Å². The van der Waals surface area contributed by atoms with Crippen molar-refractivity contribution >= 4 is 34.0 Å². The lowest BCUT2D eigenvalue weighted by molar-refractivity contribution is 0.0597. The number of aromatic nitrogens is 2. The van der Waals surface area contributed by atoms with Crippen molar-refractivity contribution in [3.05, 3.63) is 77.9 Å². The van der Waals surface area contributed by atoms with Gasteiger partial charge in [0.05, 0.1) is 34.8 Å². The molecule has 0 bridgehead atoms. The lowest BCUT2D eigenvalue weighted by Crippen LogP contribution is -2.11. The number of hydrogen-bond donors (Lipinski definition) is 0. The minimum atomic E-state index is -0.577. The van der Waals surface area contributed by atoms with Crippen LogP contribution in [-0.4, -0.2) is 29.0 Å². The van der Waals surface area contributed by atoms with Crippen LogP contribution in [0.3, 0.4) is 0 Å². The second-order valence-electron chi connectivity index (χ2n) is 5.79. The molecule has 0 atom stereocenters. The summed E-state index contributed by atoms with van der Waals surface area (Å²) >= 11 is 0. The zero-order valence-corrected chi connectivity index (χ0v) is 14.4. The molecule has 0 amide bonds. The molecule has 6 nitrogen and oxygen atoms in total. The van der Waals surface area contributed by atoms with Crippen LogP contribution in [0, 0.1) is 0 Å². The monoisotopic (exact) mass is 358 g/mol. The van der Waals surface area contributed by atoms with E-state index in [1.165, 1.54) is 13.2 Å². The van der Waals surface area contributed by atoms with E-state index in [1.54, 1.807) is 36.4 Å². The molecule has 0 spiro atoms. The van der Waals surface area contributed by atoms with E-state index in [0.717, 1.165) is 5.52 Å². The Bertz CT molecular complexity index is 1190. The molecule has 3 aromatic carbocycles. The average molecular weight is 358 g/mol. The predicted octanol–water partition coefficient (Wildman–Crippen LogP) is 3.79. The molecule has 0 saturated heterocycles. The van der Waals surface area contributed by atoms with Gasteiger partial charge in [0, 0.05) is 0 Å². The highest BCUT2D eigenvalue weighted by Gasteiger charge is 2.16. The Morgan fingerprint density at radius 3 is 2.26 bits per heavy atom. The number of fused-ring (bicyclic) bond motifs is 2. The topological polar surface area (TPSA) is 78.4 Å². The van der Waals surface area contributed by atoms with Crippen LogP contribution in [0.1, 0.15) is 20.7 Å². The summed E-state index contributed by atoms with van der Waals surface area (Å²) in [4.78, 5) is 33.5. The number of benzene rings is 3. The predicted molar refractivity (Wildman–Crippen MR) is 99.8 cm³/mol. The molecule has 0 aliphatic carbocycles. The molecule has 1 aromatic heterocycles. The molecule has 1 heterocycles. The first-order valence-corrected chi connectivity index (χ1v) is 8.22. The van der Waals surface area contributed by atoms with E-state index >= 15 is 0 Å². The lowest BCUT2D eigenvalue weighted by atomic mass is 10.1. The molecule has 4 aromatic rings. The fraction of sp³-hybridized carbons (Fsp3) is 0.0476. The van der Waals surface area contributed by atoms with E-state index < -0.39 is 11.9 Å². The highest BCUT2D eigenvalue weighted by atomic mass is 16.5. The third-order valence-corrected chi connectivity index (χ3v) is 4.06. The van der Waals surface area contributed by atoms with E-state index in [0.29, 0.717) is 27.7 Å². The van der Waals surface area contributed by atoms with Crippen molar-refractivity contribution in [3.8, 4) is 5.75 Å². The van der Waals surface area contributed by atoms with Crippen molar-refractivity contribution in [3.63, 3.8) is 0 Å². The number of para-hydroxylation sites is 3. The van der Waals surface area contributed by atoms with Crippen LogP contribution in [0.25, 0.3) is 22.1 Å². The van der Waals surface area contributed by atoms with Crippen molar-refractivity contribution in [2.24, 2.45) is 0 Å². The maximum atomic E-state index is 12.7. The van der Waals surface area contributed by atoms with Gasteiger partial charge >= 0.3 is 11.9 Å². The zero-order chi connectivity index (χ0) is 18.8. The molecule has 0 radical (unpaired) electrons. The number of rotatable bonds is 3. The number of esters is 2. The Morgan fingerprint density at radius 2 is 1.48 bits per heavy atom. The fourth-order valence-corrected chi connectivity index (χ4v) is 2.77. The van der Waals surface area contributed by atoms with Gasteiger partial charge in [0.15, 0.2) is 0 Å². The van der Waals surface area contributed by atoms with Crippen LogP contribution < -0.4 is 4.74 Å². The van der Waals surface area contributed by atoms with E-state index in [1.807, 2.05) is 24.3 Å². The molecule has 27 heavy (non-hydrogen) atoms. The molecular weight excluding hydrogens is 344 g/mol. The maximum absolute atomic E-state index is 12.7. The average Bonchev–Trinajstić information content (AvgIpc) is 2.71. The summed E-state index contributed by atoms with van der Waals surface area (Å²) in [5.74, 6) is -0.837. The minimum absolute atomic E-state index is 0.244. The van der Waals surface area contributed by atoms with Gasteiger partial charge < -0.3 is 9.47 Å². The third kappa shape index (κ3) is 3.20. The zero-order valence-electron chi connectivity index (χ0n) is 14.4. The second kappa shape index (κ2) is 6.84. The summed E-state index contributed by atoms with van der Waals surface area (Å²) in [5, 5.41) is 0. The normalized spacial score (nSPS) is 10.7. The molecule has 0 saturated carbocycles. The molecule has 6 heteroatoms. The quantitative estimate of drug-likeness (QED) is 0.315. The summed E-state index contributed by atoms with van der Waals surface area (Å²) in [7, 11) is 1.29. The van der Waals surface area contributed by atoms with Gasteiger partial charge in [0.1, 0.15) is 11.3 Å². The maximum Gasteiger partial charge on any atom is 0.345 e. The summed E-state index contributed by atoms with van der Waals surface area (Å²) < 4.78 is 10.1. The van der Waals surface area contributed by atoms with Crippen molar-refractivity contribution in [2.45, 2.75) is 0 Å². The molecule has 4 rings (SSSR count). The summed E-state index contributed by atoms with van der Waals surface area (Å²) in [5.41, 5.74) is 3.11. The Hall–Kier alpha value is -3.80. The SMILES string of the molecule is COC(=O)c1cccc(OC(=O)c2cccc3nc4ccccc4nc23)c1. The van der Waals surface area contributed by atoms with Crippen LogP contribution in [0.2, 0.25) is 0 Å². The van der Waals surface area contributed by atoms with Crippen LogP contribution in [0.5, 0.6) is 5.75 Å². The number of carbonyl (C=O) groups excluding carboxylic acids is 2. The van der Waals surface area contributed by atoms with E-state index in [9.17, 15) is 9.59 Å². The number of ether oxygens (including phenoxy) is 2. The van der Waals surface area contributed by atoms with Crippen LogP contribution in [0.4, 0.5) is 0 Å². The Kier molecular flexibility index (Phi) is 4.22. The summed E-state index contributed by atoms with van der Waals surface area (Å²) in [6.07, 6.45) is 0. The van der Waals surface area contributed by atoms with E-state index in [4.69, 9.17) is 4.74 Å². The van der Waals surface area contributed by atoms with Crippen molar-refractivity contribution in [2.75, 3.05) is 7.11 Å². The summed E-state index contributed by atoms with van der Waals surface area (Å²) in [6, 6.07) is 18.9. The molecule has 0 fully saturated rings. The van der Waals surface area contributed by atoms with Crippen LogP contribution in [-0.2, 0) is 4.74 Å². The molecule has 0 N–H and O–H groups in total. The fourth-order valence-electron chi connectivity index (χ4n) is 2.77. The van der Waals surface area contributed by atoms with E-state index in [2.05, 4.69) is 14.7 Å². The van der Waals surface area contributed by atoms with Gasteiger partial charge in [0.25, 0.3) is 0 Å². The highest BCUT2D eigenvalue weighted by molar-refractivity contribution is 6.04. The molecular formula is C21H14N2O4. The standard InChI is InChI=1S/C21H14N2O4/c1-26-20(24)13-6-4-7-14(12-13)27-21(25)15-8-5-11-18-19(15)23-17-10-3-2-9-16(17)22-18/h2-12H,1H3. The minimum Gasteiger partial charge on any atom is -0.465 e. The van der Waals surface area contributed by atoms with Gasteiger partial charge in [-0.15, -0.1) is 0 Å². The summed E-state index contributed by atoms with van der Waals surface area (Å²) in [6.45, 7) is 0. The molecule has 0 unspecified atom stereocenters. The Morgan fingerprint density at radius 1 is 0.778 bits per heavy atom. The van der Waals surface area contributed by atoms with Crippen molar-refractivity contribution < 1.29 is 19.1 Å². The molecule has 0 aliphatic rings. The van der Waals surface area contributed by atoms with Gasteiger partial charge in [-0.2, -0.15) is 0 Å². The largest absolute Gasteiger partial charge is 0.465 e. The van der Waals surface area contributed by atoms with Crippen molar-refractivity contribution in [1.29, 1.82) is 0 Å². The number of methoxy groups -OCH3 is 1. The van der Waals surface area contributed by atoms with Gasteiger partial charge in [-0.1, -0.05) is 24.3 Å². The molecule has 0 aliphatic heterocycles.